The van der Waals surface area contributed by atoms with Crippen LogP contribution in [0.1, 0.15) is 26.3 Å². The van der Waals surface area contributed by atoms with Crippen molar-refractivity contribution in [3.63, 3.8) is 0 Å². The van der Waals surface area contributed by atoms with Crippen molar-refractivity contribution in [3.05, 3.63) is 120 Å². The van der Waals surface area contributed by atoms with Gasteiger partial charge >= 0.3 is 11.9 Å². The van der Waals surface area contributed by atoms with Gasteiger partial charge in [0, 0.05) is 11.4 Å². The van der Waals surface area contributed by atoms with Crippen LogP contribution >= 0.6 is 15.9 Å². The number of hydrogen-bond donors (Lipinski definition) is 0. The number of alkyl halides is 1. The summed E-state index contributed by atoms with van der Waals surface area (Å²) < 4.78 is 38.1. The van der Waals surface area contributed by atoms with Crippen LogP contribution in [0.15, 0.2) is 113 Å². The smallest absolute Gasteiger partial charge is 0.343 e. The second-order valence-electron chi connectivity index (χ2n) is 7.71. The molecule has 0 unspecified atom stereocenters. The number of sulfone groups is 1. The van der Waals surface area contributed by atoms with Crippen molar-refractivity contribution >= 4 is 37.7 Å². The van der Waals surface area contributed by atoms with Gasteiger partial charge in [0.25, 0.3) is 0 Å². The van der Waals surface area contributed by atoms with Gasteiger partial charge in [-0.1, -0.05) is 64.5 Å². The molecule has 0 saturated carbocycles. The Hall–Kier alpha value is -3.75. The molecule has 0 bridgehead atoms. The molecule has 4 aromatic carbocycles. The van der Waals surface area contributed by atoms with Crippen LogP contribution in [-0.2, 0) is 16.3 Å². The van der Waals surface area contributed by atoms with Gasteiger partial charge in [-0.2, -0.15) is 0 Å². The number of aryl methyl sites for hydroxylation is 1. The molecule has 0 radical (unpaired) electrons. The van der Waals surface area contributed by atoms with Crippen LogP contribution in [0.4, 0.5) is 0 Å². The number of carbonyl (C=O) groups is 2. The number of halogens is 1. The normalized spacial score (nSPS) is 11.0. The largest absolute Gasteiger partial charge is 0.423 e. The Morgan fingerprint density at radius 1 is 0.694 bits per heavy atom. The van der Waals surface area contributed by atoms with E-state index in [-0.39, 0.29) is 26.9 Å². The summed E-state index contributed by atoms with van der Waals surface area (Å²) in [5.41, 5.74) is 1.54. The van der Waals surface area contributed by atoms with Crippen LogP contribution in [0.3, 0.4) is 0 Å². The van der Waals surface area contributed by atoms with Gasteiger partial charge in [-0.15, -0.1) is 0 Å². The summed E-state index contributed by atoms with van der Waals surface area (Å²) >= 11 is 3.37. The third kappa shape index (κ3) is 5.90. The Bertz CT molecular complexity index is 1470. The maximum Gasteiger partial charge on any atom is 0.343 e. The van der Waals surface area contributed by atoms with Gasteiger partial charge in [-0.05, 0) is 60.5 Å². The average molecular weight is 565 g/mol. The zero-order valence-electron chi connectivity index (χ0n) is 19.0. The number of benzene rings is 4. The summed E-state index contributed by atoms with van der Waals surface area (Å²) in [5, 5.41) is 0.744. The van der Waals surface area contributed by atoms with E-state index in [0.29, 0.717) is 5.56 Å². The molecule has 6 nitrogen and oxygen atoms in total. The van der Waals surface area contributed by atoms with E-state index in [0.717, 1.165) is 17.3 Å². The maximum absolute atomic E-state index is 13.6. The molecule has 0 atom stereocenters. The Balaban J connectivity index is 1.72. The van der Waals surface area contributed by atoms with Gasteiger partial charge in [0.2, 0.25) is 9.84 Å². The highest BCUT2D eigenvalue weighted by molar-refractivity contribution is 9.09. The highest BCUT2D eigenvalue weighted by Crippen LogP contribution is 2.34. The van der Waals surface area contributed by atoms with Crippen molar-refractivity contribution < 1.29 is 27.5 Å². The summed E-state index contributed by atoms with van der Waals surface area (Å²) in [5.74, 6) is -1.54. The lowest BCUT2D eigenvalue weighted by Gasteiger charge is -2.13. The summed E-state index contributed by atoms with van der Waals surface area (Å²) in [6.07, 6.45) is 0.741. The van der Waals surface area contributed by atoms with Gasteiger partial charge in [0.15, 0.2) is 5.75 Å². The van der Waals surface area contributed by atoms with E-state index in [1.807, 2.05) is 0 Å². The number of rotatable bonds is 8. The summed E-state index contributed by atoms with van der Waals surface area (Å²) in [6.45, 7) is 0. The molecule has 0 heterocycles. The standard InChI is InChI=1S/C28H21BrO6S/c29-18-17-20-11-14-24(15-12-20)36(32,33)26-19-23(34-27(30)21-7-3-1-4-8-21)13-16-25(26)35-28(31)22-9-5-2-6-10-22/h1-16,19H,17-18H2. The lowest BCUT2D eigenvalue weighted by atomic mass is 10.2. The van der Waals surface area contributed by atoms with Crippen LogP contribution in [-0.4, -0.2) is 25.7 Å². The number of esters is 2. The molecule has 0 aliphatic rings. The molecule has 0 aromatic heterocycles. The molecule has 4 aromatic rings. The van der Waals surface area contributed by atoms with Crippen LogP contribution in [0.5, 0.6) is 11.5 Å². The van der Waals surface area contributed by atoms with Crippen LogP contribution in [0, 0.1) is 0 Å². The van der Waals surface area contributed by atoms with E-state index >= 15 is 0 Å². The predicted molar refractivity (Wildman–Crippen MR) is 139 cm³/mol. The van der Waals surface area contributed by atoms with Crippen molar-refractivity contribution in [2.24, 2.45) is 0 Å². The molecule has 0 saturated heterocycles. The lowest BCUT2D eigenvalue weighted by molar-refractivity contribution is 0.0715. The summed E-state index contributed by atoms with van der Waals surface area (Å²) in [4.78, 5) is 24.9. The summed E-state index contributed by atoms with van der Waals surface area (Å²) in [6, 6.07) is 26.9. The molecule has 182 valence electrons. The topological polar surface area (TPSA) is 86.7 Å². The van der Waals surface area contributed by atoms with Crippen molar-refractivity contribution in [3.8, 4) is 11.5 Å². The minimum absolute atomic E-state index is 0.00199. The highest BCUT2D eigenvalue weighted by atomic mass is 79.9. The lowest BCUT2D eigenvalue weighted by Crippen LogP contribution is -2.13. The maximum atomic E-state index is 13.6. The van der Waals surface area contributed by atoms with Crippen LogP contribution in [0.25, 0.3) is 0 Å². The monoisotopic (exact) mass is 564 g/mol. The predicted octanol–water partition coefficient (Wildman–Crippen LogP) is 5.90. The quantitative estimate of drug-likeness (QED) is 0.150. The van der Waals surface area contributed by atoms with Gasteiger partial charge in [0.05, 0.1) is 16.0 Å². The number of carbonyl (C=O) groups excluding carboxylic acids is 2. The Labute approximate surface area is 217 Å². The van der Waals surface area contributed by atoms with Crippen molar-refractivity contribution in [1.29, 1.82) is 0 Å². The molecule has 4 rings (SSSR count). The molecule has 0 aliphatic heterocycles. The molecular weight excluding hydrogens is 544 g/mol. The summed E-state index contributed by atoms with van der Waals surface area (Å²) in [7, 11) is -4.13. The first-order valence-corrected chi connectivity index (χ1v) is 13.6. The molecular formula is C28H21BrO6S. The first-order valence-electron chi connectivity index (χ1n) is 11.0. The second kappa shape index (κ2) is 11.3. The molecule has 0 amide bonds. The zero-order chi connectivity index (χ0) is 25.5. The van der Waals surface area contributed by atoms with E-state index in [4.69, 9.17) is 9.47 Å². The number of ether oxygens (including phenoxy) is 2. The average Bonchev–Trinajstić information content (AvgIpc) is 2.91. The zero-order valence-corrected chi connectivity index (χ0v) is 21.4. The van der Waals surface area contributed by atoms with Gasteiger partial charge in [-0.25, -0.2) is 18.0 Å². The second-order valence-corrected chi connectivity index (χ2v) is 10.4. The van der Waals surface area contributed by atoms with Crippen molar-refractivity contribution in [2.45, 2.75) is 16.2 Å². The van der Waals surface area contributed by atoms with E-state index in [2.05, 4.69) is 15.9 Å². The number of hydrogen-bond acceptors (Lipinski definition) is 6. The fraction of sp³-hybridized carbons (Fsp3) is 0.0714. The first kappa shape index (κ1) is 25.3. The third-order valence-corrected chi connectivity index (χ3v) is 7.44. The molecule has 0 spiro atoms. The molecule has 36 heavy (non-hydrogen) atoms. The molecule has 0 aliphatic carbocycles. The molecule has 8 heteroatoms. The Morgan fingerprint density at radius 2 is 1.25 bits per heavy atom. The minimum atomic E-state index is -4.13. The van der Waals surface area contributed by atoms with Gasteiger partial charge < -0.3 is 9.47 Å². The highest BCUT2D eigenvalue weighted by Gasteiger charge is 2.26. The van der Waals surface area contributed by atoms with Gasteiger partial charge in [0.1, 0.15) is 10.6 Å². The Morgan fingerprint density at radius 3 is 1.81 bits per heavy atom. The van der Waals surface area contributed by atoms with Crippen molar-refractivity contribution in [2.75, 3.05) is 5.33 Å². The fourth-order valence-corrected chi connectivity index (χ4v) is 5.24. The fourth-order valence-electron chi connectivity index (χ4n) is 3.39. The van der Waals surface area contributed by atoms with E-state index in [9.17, 15) is 18.0 Å². The van der Waals surface area contributed by atoms with Crippen molar-refractivity contribution in [1.82, 2.24) is 0 Å². The third-order valence-electron chi connectivity index (χ3n) is 5.25. The van der Waals surface area contributed by atoms with Crippen LogP contribution in [0.2, 0.25) is 0 Å². The first-order chi connectivity index (χ1) is 17.4. The van der Waals surface area contributed by atoms with E-state index < -0.39 is 21.8 Å². The van der Waals surface area contributed by atoms with E-state index in [1.54, 1.807) is 72.8 Å². The Kier molecular flexibility index (Phi) is 7.97. The van der Waals surface area contributed by atoms with Gasteiger partial charge in [-0.3, -0.25) is 0 Å². The van der Waals surface area contributed by atoms with E-state index in [1.165, 1.54) is 30.3 Å². The molecule has 0 fully saturated rings. The minimum Gasteiger partial charge on any atom is -0.423 e. The molecule has 0 N–H and O–H groups in total. The van der Waals surface area contributed by atoms with Crippen LogP contribution < -0.4 is 9.47 Å². The SMILES string of the molecule is O=C(Oc1ccc(OC(=O)c2ccccc2)c(S(=O)(=O)c2ccc(CCBr)cc2)c1)c1ccccc1.